The minimum absolute atomic E-state index is 0.201. The lowest BCUT2D eigenvalue weighted by molar-refractivity contribution is 0.115. The summed E-state index contributed by atoms with van der Waals surface area (Å²) in [5.41, 5.74) is 0.968. The number of hydrogen-bond acceptors (Lipinski definition) is 3. The van der Waals surface area contributed by atoms with E-state index in [0.29, 0.717) is 23.6 Å². The van der Waals surface area contributed by atoms with E-state index in [1.54, 1.807) is 12.1 Å². The summed E-state index contributed by atoms with van der Waals surface area (Å²) in [7, 11) is 0. The molecule has 0 saturated carbocycles. The molecule has 1 fully saturated rings. The van der Waals surface area contributed by atoms with E-state index in [4.69, 9.17) is 10.4 Å². The number of benzene rings is 1. The van der Waals surface area contributed by atoms with Crippen molar-refractivity contribution in [2.75, 3.05) is 19.7 Å². The first-order valence-electron chi connectivity index (χ1n) is 6.24. The number of likely N-dealkylation sites (tertiary alicyclic amines) is 1. The highest BCUT2D eigenvalue weighted by Gasteiger charge is 2.20. The summed E-state index contributed by atoms with van der Waals surface area (Å²) in [5.74, 6) is -0.0136. The van der Waals surface area contributed by atoms with Gasteiger partial charge in [-0.2, -0.15) is 5.26 Å². The van der Waals surface area contributed by atoms with Crippen molar-refractivity contribution in [3.05, 3.63) is 35.1 Å². The van der Waals surface area contributed by atoms with Crippen LogP contribution in [0.2, 0.25) is 0 Å². The van der Waals surface area contributed by atoms with Crippen molar-refractivity contribution in [2.24, 2.45) is 5.92 Å². The van der Waals surface area contributed by atoms with Crippen molar-refractivity contribution in [3.8, 4) is 6.07 Å². The first-order chi connectivity index (χ1) is 8.72. The number of halogens is 1. The van der Waals surface area contributed by atoms with Gasteiger partial charge >= 0.3 is 0 Å². The SMILES string of the molecule is N#Cc1ccc(CN2CCCC(CO)C2)c(F)c1. The monoisotopic (exact) mass is 248 g/mol. The van der Waals surface area contributed by atoms with Gasteiger partial charge in [-0.3, -0.25) is 4.90 Å². The second kappa shape index (κ2) is 5.94. The van der Waals surface area contributed by atoms with Gasteiger partial charge in [0.25, 0.3) is 0 Å². The van der Waals surface area contributed by atoms with Crippen molar-refractivity contribution < 1.29 is 9.50 Å². The number of aliphatic hydroxyl groups is 1. The van der Waals surface area contributed by atoms with Crippen LogP contribution in [-0.4, -0.2) is 29.7 Å². The molecule has 0 aromatic heterocycles. The van der Waals surface area contributed by atoms with Crippen LogP contribution < -0.4 is 0 Å². The molecule has 1 aromatic carbocycles. The first-order valence-corrected chi connectivity index (χ1v) is 6.24. The van der Waals surface area contributed by atoms with Gasteiger partial charge in [-0.1, -0.05) is 6.07 Å². The third-order valence-corrected chi connectivity index (χ3v) is 3.44. The fraction of sp³-hybridized carbons (Fsp3) is 0.500. The van der Waals surface area contributed by atoms with Gasteiger partial charge in [0, 0.05) is 25.3 Å². The lowest BCUT2D eigenvalue weighted by atomic mass is 9.98. The lowest BCUT2D eigenvalue weighted by Gasteiger charge is -2.31. The summed E-state index contributed by atoms with van der Waals surface area (Å²) >= 11 is 0. The minimum Gasteiger partial charge on any atom is -0.396 e. The van der Waals surface area contributed by atoms with Crippen LogP contribution in [0.4, 0.5) is 4.39 Å². The highest BCUT2D eigenvalue weighted by atomic mass is 19.1. The van der Waals surface area contributed by atoms with E-state index in [0.717, 1.165) is 25.9 Å². The van der Waals surface area contributed by atoms with Crippen LogP contribution in [0.3, 0.4) is 0 Å². The molecular weight excluding hydrogens is 231 g/mol. The molecule has 4 heteroatoms. The zero-order valence-corrected chi connectivity index (χ0v) is 10.3. The van der Waals surface area contributed by atoms with E-state index in [2.05, 4.69) is 4.90 Å². The largest absolute Gasteiger partial charge is 0.396 e. The Balaban J connectivity index is 2.03. The van der Waals surface area contributed by atoms with Crippen LogP contribution in [0.25, 0.3) is 0 Å². The summed E-state index contributed by atoms with van der Waals surface area (Å²) in [4.78, 5) is 2.16. The number of piperidine rings is 1. The average Bonchev–Trinajstić information content (AvgIpc) is 2.41. The molecule has 2 rings (SSSR count). The number of hydrogen-bond donors (Lipinski definition) is 1. The minimum atomic E-state index is -0.319. The smallest absolute Gasteiger partial charge is 0.129 e. The van der Waals surface area contributed by atoms with Gasteiger partial charge in [0.1, 0.15) is 5.82 Å². The van der Waals surface area contributed by atoms with Gasteiger partial charge in [-0.25, -0.2) is 4.39 Å². The van der Waals surface area contributed by atoms with Crippen LogP contribution in [0.1, 0.15) is 24.0 Å². The molecule has 1 aromatic rings. The topological polar surface area (TPSA) is 47.3 Å². The standard InChI is InChI=1S/C14H17FN2O/c15-14-6-11(7-16)3-4-13(14)9-17-5-1-2-12(8-17)10-18/h3-4,6,12,18H,1-2,5,8-10H2. The molecular formula is C14H17FN2O. The van der Waals surface area contributed by atoms with Gasteiger partial charge in [-0.15, -0.1) is 0 Å². The third kappa shape index (κ3) is 3.06. The van der Waals surface area contributed by atoms with E-state index in [1.165, 1.54) is 6.07 Å². The van der Waals surface area contributed by atoms with Crippen molar-refractivity contribution in [2.45, 2.75) is 19.4 Å². The van der Waals surface area contributed by atoms with Gasteiger partial charge in [0.05, 0.1) is 11.6 Å². The normalized spacial score (nSPS) is 20.6. The van der Waals surface area contributed by atoms with Gasteiger partial charge in [-0.05, 0) is 37.4 Å². The molecule has 1 saturated heterocycles. The molecule has 1 aliphatic heterocycles. The lowest BCUT2D eigenvalue weighted by Crippen LogP contribution is -2.36. The van der Waals surface area contributed by atoms with E-state index >= 15 is 0 Å². The molecule has 0 radical (unpaired) electrons. The quantitative estimate of drug-likeness (QED) is 0.888. The second-order valence-corrected chi connectivity index (χ2v) is 4.84. The summed E-state index contributed by atoms with van der Waals surface area (Å²) in [6.45, 7) is 2.51. The molecule has 0 spiro atoms. The van der Waals surface area contributed by atoms with E-state index in [1.807, 2.05) is 6.07 Å². The number of rotatable bonds is 3. The van der Waals surface area contributed by atoms with Crippen molar-refractivity contribution in [1.29, 1.82) is 5.26 Å². The molecule has 1 N–H and O–H groups in total. The first kappa shape index (κ1) is 13.0. The maximum Gasteiger partial charge on any atom is 0.129 e. The highest BCUT2D eigenvalue weighted by Crippen LogP contribution is 2.19. The Morgan fingerprint density at radius 3 is 3.00 bits per heavy atom. The summed E-state index contributed by atoms with van der Waals surface area (Å²) in [5, 5.41) is 17.8. The van der Waals surface area contributed by atoms with Crippen LogP contribution in [0, 0.1) is 23.1 Å². The molecule has 1 aliphatic rings. The average molecular weight is 248 g/mol. The van der Waals surface area contributed by atoms with E-state index < -0.39 is 0 Å². The number of nitrogens with zero attached hydrogens (tertiary/aromatic N) is 2. The maximum absolute atomic E-state index is 13.7. The van der Waals surface area contributed by atoms with E-state index in [-0.39, 0.29) is 12.4 Å². The van der Waals surface area contributed by atoms with Crippen LogP contribution in [0.15, 0.2) is 18.2 Å². The molecule has 18 heavy (non-hydrogen) atoms. The van der Waals surface area contributed by atoms with Gasteiger partial charge < -0.3 is 5.11 Å². The molecule has 0 amide bonds. The van der Waals surface area contributed by atoms with Gasteiger partial charge in [0.15, 0.2) is 0 Å². The molecule has 0 bridgehead atoms. The van der Waals surface area contributed by atoms with Crippen molar-refractivity contribution in [1.82, 2.24) is 4.90 Å². The molecule has 1 atom stereocenters. The molecule has 1 heterocycles. The van der Waals surface area contributed by atoms with Crippen molar-refractivity contribution in [3.63, 3.8) is 0 Å². The fourth-order valence-corrected chi connectivity index (χ4v) is 2.43. The Labute approximate surface area is 106 Å². The third-order valence-electron chi connectivity index (χ3n) is 3.44. The van der Waals surface area contributed by atoms with Gasteiger partial charge in [0.2, 0.25) is 0 Å². The zero-order valence-electron chi connectivity index (χ0n) is 10.3. The summed E-state index contributed by atoms with van der Waals surface area (Å²) < 4.78 is 13.7. The Bertz CT molecular complexity index is 456. The van der Waals surface area contributed by atoms with Crippen molar-refractivity contribution >= 4 is 0 Å². The predicted molar refractivity (Wildman–Crippen MR) is 66.2 cm³/mol. The number of aliphatic hydroxyl groups excluding tert-OH is 1. The highest BCUT2D eigenvalue weighted by molar-refractivity contribution is 5.32. The maximum atomic E-state index is 13.7. The number of nitriles is 1. The summed E-state index contributed by atoms with van der Waals surface area (Å²) in [6, 6.07) is 6.53. The Morgan fingerprint density at radius 2 is 2.33 bits per heavy atom. The van der Waals surface area contributed by atoms with Crippen LogP contribution in [0.5, 0.6) is 0 Å². The molecule has 0 aliphatic carbocycles. The molecule has 96 valence electrons. The predicted octanol–water partition coefficient (Wildman–Crippen LogP) is 1.90. The van der Waals surface area contributed by atoms with Crippen LogP contribution in [-0.2, 0) is 6.54 Å². The van der Waals surface area contributed by atoms with E-state index in [9.17, 15) is 4.39 Å². The summed E-state index contributed by atoms with van der Waals surface area (Å²) in [6.07, 6.45) is 2.09. The molecule has 1 unspecified atom stereocenters. The second-order valence-electron chi connectivity index (χ2n) is 4.84. The zero-order chi connectivity index (χ0) is 13.0. The Hall–Kier alpha value is -1.44. The fourth-order valence-electron chi connectivity index (χ4n) is 2.43. The Morgan fingerprint density at radius 1 is 1.50 bits per heavy atom. The van der Waals surface area contributed by atoms with Crippen LogP contribution >= 0.6 is 0 Å². The molecule has 3 nitrogen and oxygen atoms in total. The Kier molecular flexibility index (Phi) is 4.29.